The van der Waals surface area contributed by atoms with Gasteiger partial charge in [0.2, 0.25) is 0 Å². The Labute approximate surface area is 103 Å². The van der Waals surface area contributed by atoms with Crippen molar-refractivity contribution in [3.63, 3.8) is 0 Å². The summed E-state index contributed by atoms with van der Waals surface area (Å²) in [7, 11) is 0. The third-order valence-electron chi connectivity index (χ3n) is 2.87. The second kappa shape index (κ2) is 4.77. The highest BCUT2D eigenvalue weighted by Crippen LogP contribution is 2.44. The summed E-state index contributed by atoms with van der Waals surface area (Å²) < 4.78 is 0.496. The van der Waals surface area contributed by atoms with Crippen LogP contribution in [0.3, 0.4) is 0 Å². The third kappa shape index (κ3) is 2.70. The maximum absolute atomic E-state index is 3.50. The Kier molecular flexibility index (Phi) is 4.57. The average Bonchev–Trinajstić information content (AvgIpc) is 2.02. The highest BCUT2D eigenvalue weighted by Gasteiger charge is 2.38. The van der Waals surface area contributed by atoms with Crippen molar-refractivity contribution in [1.82, 2.24) is 5.32 Å². The standard InChI is InChI=1S/C9H17I2N/c1-3-7(2)8-6-12-5-4-9(8,10)11/h7-8,12H,3-6H2,1-2H3. The Hall–Kier alpha value is 1.42. The first kappa shape index (κ1) is 11.5. The zero-order valence-corrected chi connectivity index (χ0v) is 12.1. The van der Waals surface area contributed by atoms with Crippen LogP contribution in [-0.2, 0) is 0 Å². The van der Waals surface area contributed by atoms with Crippen LogP contribution in [-0.4, -0.2) is 14.5 Å². The van der Waals surface area contributed by atoms with E-state index in [-0.39, 0.29) is 0 Å². The molecule has 1 aliphatic heterocycles. The maximum atomic E-state index is 3.50. The van der Waals surface area contributed by atoms with Crippen molar-refractivity contribution in [3.05, 3.63) is 0 Å². The fourth-order valence-corrected chi connectivity index (χ4v) is 3.96. The molecule has 0 aromatic heterocycles. The normalized spacial score (nSPS) is 31.5. The van der Waals surface area contributed by atoms with Gasteiger partial charge in [-0.1, -0.05) is 65.5 Å². The van der Waals surface area contributed by atoms with Crippen LogP contribution in [0, 0.1) is 11.8 Å². The fraction of sp³-hybridized carbons (Fsp3) is 1.00. The van der Waals surface area contributed by atoms with Crippen LogP contribution in [0.4, 0.5) is 0 Å². The highest BCUT2D eigenvalue weighted by molar-refractivity contribution is 14.2. The van der Waals surface area contributed by atoms with Gasteiger partial charge in [-0.2, -0.15) is 0 Å². The van der Waals surface area contributed by atoms with Crippen molar-refractivity contribution in [2.45, 2.75) is 28.1 Å². The van der Waals surface area contributed by atoms with Crippen LogP contribution >= 0.6 is 45.2 Å². The van der Waals surface area contributed by atoms with Gasteiger partial charge in [0.15, 0.2) is 0 Å². The van der Waals surface area contributed by atoms with Gasteiger partial charge in [0.25, 0.3) is 0 Å². The van der Waals surface area contributed by atoms with E-state index in [1.165, 1.54) is 25.9 Å². The van der Waals surface area contributed by atoms with Crippen LogP contribution < -0.4 is 5.32 Å². The Bertz CT molecular complexity index is 147. The Morgan fingerprint density at radius 2 is 2.25 bits per heavy atom. The van der Waals surface area contributed by atoms with Gasteiger partial charge in [-0.3, -0.25) is 0 Å². The number of rotatable bonds is 2. The molecular weight excluding hydrogens is 376 g/mol. The van der Waals surface area contributed by atoms with Crippen LogP contribution in [0.2, 0.25) is 0 Å². The number of hydrogen-bond acceptors (Lipinski definition) is 1. The van der Waals surface area contributed by atoms with Gasteiger partial charge in [-0.25, -0.2) is 0 Å². The molecule has 0 spiro atoms. The summed E-state index contributed by atoms with van der Waals surface area (Å²) in [5, 5.41) is 3.50. The minimum absolute atomic E-state index is 0.496. The van der Waals surface area contributed by atoms with Gasteiger partial charge < -0.3 is 5.32 Å². The highest BCUT2D eigenvalue weighted by atomic mass is 127. The molecule has 2 unspecified atom stereocenters. The molecule has 2 atom stereocenters. The van der Waals surface area contributed by atoms with Gasteiger partial charge in [-0.05, 0) is 24.8 Å². The first-order valence-electron chi connectivity index (χ1n) is 4.66. The van der Waals surface area contributed by atoms with E-state index in [1.807, 2.05) is 0 Å². The maximum Gasteiger partial charge on any atom is 0.0789 e. The van der Waals surface area contributed by atoms with Crippen LogP contribution in [0.25, 0.3) is 0 Å². The summed E-state index contributed by atoms with van der Waals surface area (Å²) in [6.45, 7) is 7.08. The number of nitrogens with one attached hydrogen (secondary N) is 1. The lowest BCUT2D eigenvalue weighted by molar-refractivity contribution is 0.284. The SMILES string of the molecule is CCC(C)C1CNCCC1(I)I. The molecule has 1 saturated heterocycles. The first-order valence-corrected chi connectivity index (χ1v) is 6.82. The molecule has 1 heterocycles. The third-order valence-corrected chi connectivity index (χ3v) is 5.55. The molecule has 1 rings (SSSR count). The Morgan fingerprint density at radius 3 is 2.75 bits per heavy atom. The number of alkyl halides is 2. The summed E-state index contributed by atoms with van der Waals surface area (Å²) in [6, 6.07) is 0. The van der Waals surface area contributed by atoms with Gasteiger partial charge >= 0.3 is 0 Å². The first-order chi connectivity index (χ1) is 5.58. The molecule has 0 aliphatic carbocycles. The van der Waals surface area contributed by atoms with Crippen molar-refractivity contribution >= 4 is 45.2 Å². The van der Waals surface area contributed by atoms with Crippen molar-refractivity contribution < 1.29 is 0 Å². The smallest absolute Gasteiger partial charge is 0.0789 e. The van der Waals surface area contributed by atoms with E-state index in [2.05, 4.69) is 64.3 Å². The fourth-order valence-electron chi connectivity index (χ4n) is 1.75. The number of halogens is 2. The van der Waals surface area contributed by atoms with E-state index in [1.54, 1.807) is 0 Å². The molecule has 0 aromatic carbocycles. The minimum Gasteiger partial charge on any atom is -0.316 e. The summed E-state index contributed by atoms with van der Waals surface area (Å²) >= 11 is 5.28. The summed E-state index contributed by atoms with van der Waals surface area (Å²) in [5.41, 5.74) is 0. The lowest BCUT2D eigenvalue weighted by Gasteiger charge is -2.39. The lowest BCUT2D eigenvalue weighted by Crippen LogP contribution is -2.45. The van der Waals surface area contributed by atoms with Crippen molar-refractivity contribution in [3.8, 4) is 0 Å². The molecule has 1 nitrogen and oxygen atoms in total. The summed E-state index contributed by atoms with van der Waals surface area (Å²) in [6.07, 6.45) is 2.61. The largest absolute Gasteiger partial charge is 0.316 e. The number of piperidine rings is 1. The molecule has 1 aliphatic rings. The Morgan fingerprint density at radius 1 is 1.58 bits per heavy atom. The van der Waals surface area contributed by atoms with E-state index in [0.717, 1.165) is 11.8 Å². The summed E-state index contributed by atoms with van der Waals surface area (Å²) in [4.78, 5) is 0. The van der Waals surface area contributed by atoms with Crippen LogP contribution in [0.5, 0.6) is 0 Å². The van der Waals surface area contributed by atoms with E-state index in [9.17, 15) is 0 Å². The van der Waals surface area contributed by atoms with E-state index in [4.69, 9.17) is 0 Å². The Balaban J connectivity index is 2.59. The second-order valence-corrected chi connectivity index (χ2v) is 9.62. The zero-order valence-electron chi connectivity index (χ0n) is 7.74. The van der Waals surface area contributed by atoms with Gasteiger partial charge in [0.05, 0.1) is 1.43 Å². The number of hydrogen-bond donors (Lipinski definition) is 1. The molecule has 0 saturated carbocycles. The van der Waals surface area contributed by atoms with E-state index >= 15 is 0 Å². The molecule has 3 heteroatoms. The quantitative estimate of drug-likeness (QED) is 0.562. The van der Waals surface area contributed by atoms with Crippen molar-refractivity contribution in [2.24, 2.45) is 11.8 Å². The van der Waals surface area contributed by atoms with E-state index in [0.29, 0.717) is 1.43 Å². The second-order valence-electron chi connectivity index (χ2n) is 3.71. The average molecular weight is 393 g/mol. The van der Waals surface area contributed by atoms with Crippen molar-refractivity contribution in [1.29, 1.82) is 0 Å². The zero-order chi connectivity index (χ0) is 9.19. The molecule has 0 bridgehead atoms. The van der Waals surface area contributed by atoms with Gasteiger partial charge in [-0.15, -0.1) is 0 Å². The predicted molar refractivity (Wildman–Crippen MR) is 71.2 cm³/mol. The summed E-state index contributed by atoms with van der Waals surface area (Å²) in [5.74, 6) is 1.70. The molecule has 0 amide bonds. The van der Waals surface area contributed by atoms with Crippen LogP contribution in [0.1, 0.15) is 26.7 Å². The van der Waals surface area contributed by atoms with E-state index < -0.39 is 0 Å². The molecular formula is C9H17I2N. The minimum atomic E-state index is 0.496. The molecule has 72 valence electrons. The van der Waals surface area contributed by atoms with Gasteiger partial charge in [0, 0.05) is 6.54 Å². The lowest BCUT2D eigenvalue weighted by atomic mass is 9.86. The predicted octanol–water partition coefficient (Wildman–Crippen LogP) is 3.21. The topological polar surface area (TPSA) is 12.0 Å². The van der Waals surface area contributed by atoms with Crippen molar-refractivity contribution in [2.75, 3.05) is 13.1 Å². The van der Waals surface area contributed by atoms with Gasteiger partial charge in [0.1, 0.15) is 0 Å². The van der Waals surface area contributed by atoms with Crippen LogP contribution in [0.15, 0.2) is 0 Å². The molecule has 0 aromatic rings. The molecule has 1 N–H and O–H groups in total. The molecule has 1 fully saturated rings. The molecule has 0 radical (unpaired) electrons. The molecule has 12 heavy (non-hydrogen) atoms. The monoisotopic (exact) mass is 393 g/mol.